The first-order valence-corrected chi connectivity index (χ1v) is 7.50. The maximum atomic E-state index is 2.37. The summed E-state index contributed by atoms with van der Waals surface area (Å²) in [6.07, 6.45) is 18.4. The van der Waals surface area contributed by atoms with Gasteiger partial charge in [0.25, 0.3) is 0 Å². The van der Waals surface area contributed by atoms with Gasteiger partial charge >= 0.3 is 0 Å². The maximum Gasteiger partial charge on any atom is -0.0351 e. The predicted octanol–water partition coefficient (Wildman–Crippen LogP) is 6.12. The van der Waals surface area contributed by atoms with Gasteiger partial charge in [0.05, 0.1) is 0 Å². The molecular weight excluding hydrogens is 192 g/mol. The van der Waals surface area contributed by atoms with Crippen LogP contribution in [0.5, 0.6) is 0 Å². The SMILES string of the molecule is CCC/C=C/CCCCC(CC)CCCC. The summed E-state index contributed by atoms with van der Waals surface area (Å²) < 4.78 is 0. The summed E-state index contributed by atoms with van der Waals surface area (Å²) in [5.41, 5.74) is 0. The van der Waals surface area contributed by atoms with E-state index in [2.05, 4.69) is 32.9 Å². The van der Waals surface area contributed by atoms with Crippen molar-refractivity contribution >= 4 is 0 Å². The highest BCUT2D eigenvalue weighted by Gasteiger charge is 2.04. The average molecular weight is 224 g/mol. The molecule has 0 aromatic carbocycles. The molecule has 16 heavy (non-hydrogen) atoms. The molecule has 0 fully saturated rings. The summed E-state index contributed by atoms with van der Waals surface area (Å²) >= 11 is 0. The zero-order valence-corrected chi connectivity index (χ0v) is 11.8. The van der Waals surface area contributed by atoms with E-state index < -0.39 is 0 Å². The van der Waals surface area contributed by atoms with E-state index in [0.29, 0.717) is 0 Å². The molecule has 0 N–H and O–H groups in total. The summed E-state index contributed by atoms with van der Waals surface area (Å²) in [5, 5.41) is 0. The molecule has 0 aliphatic rings. The van der Waals surface area contributed by atoms with Crippen LogP contribution in [0.3, 0.4) is 0 Å². The van der Waals surface area contributed by atoms with Crippen molar-refractivity contribution in [3.63, 3.8) is 0 Å². The van der Waals surface area contributed by atoms with Gasteiger partial charge in [0, 0.05) is 0 Å². The number of unbranched alkanes of at least 4 members (excludes halogenated alkanes) is 4. The Hall–Kier alpha value is -0.260. The molecule has 0 saturated carbocycles. The molecule has 0 nitrogen and oxygen atoms in total. The van der Waals surface area contributed by atoms with E-state index in [4.69, 9.17) is 0 Å². The lowest BCUT2D eigenvalue weighted by molar-refractivity contribution is 0.405. The first-order chi connectivity index (χ1) is 7.85. The van der Waals surface area contributed by atoms with E-state index in [1.54, 1.807) is 0 Å². The zero-order chi connectivity index (χ0) is 12.1. The highest BCUT2D eigenvalue weighted by Crippen LogP contribution is 2.19. The van der Waals surface area contributed by atoms with Crippen LogP contribution in [0.1, 0.15) is 85.0 Å². The molecule has 0 radical (unpaired) electrons. The van der Waals surface area contributed by atoms with E-state index in [1.807, 2.05) is 0 Å². The molecule has 0 rings (SSSR count). The van der Waals surface area contributed by atoms with E-state index in [0.717, 1.165) is 5.92 Å². The van der Waals surface area contributed by atoms with Crippen LogP contribution in [0.4, 0.5) is 0 Å². The van der Waals surface area contributed by atoms with Crippen molar-refractivity contribution in [2.45, 2.75) is 85.0 Å². The summed E-state index contributed by atoms with van der Waals surface area (Å²) in [7, 11) is 0. The number of hydrogen-bond acceptors (Lipinski definition) is 0. The lowest BCUT2D eigenvalue weighted by atomic mass is 9.93. The van der Waals surface area contributed by atoms with Crippen molar-refractivity contribution < 1.29 is 0 Å². The van der Waals surface area contributed by atoms with Crippen LogP contribution in [0.15, 0.2) is 12.2 Å². The first kappa shape index (κ1) is 15.7. The maximum absolute atomic E-state index is 2.37. The third kappa shape index (κ3) is 10.3. The van der Waals surface area contributed by atoms with E-state index >= 15 is 0 Å². The lowest BCUT2D eigenvalue weighted by Crippen LogP contribution is -1.98. The van der Waals surface area contributed by atoms with Crippen LogP contribution in [0, 0.1) is 5.92 Å². The Labute approximate surface area is 104 Å². The smallest absolute Gasteiger partial charge is 0.0351 e. The summed E-state index contributed by atoms with van der Waals surface area (Å²) in [5.74, 6) is 1.000. The van der Waals surface area contributed by atoms with E-state index in [9.17, 15) is 0 Å². The van der Waals surface area contributed by atoms with Crippen molar-refractivity contribution in [2.24, 2.45) is 5.92 Å². The Morgan fingerprint density at radius 2 is 1.44 bits per heavy atom. The van der Waals surface area contributed by atoms with Crippen LogP contribution in [-0.2, 0) is 0 Å². The number of allylic oxidation sites excluding steroid dienone is 2. The van der Waals surface area contributed by atoms with E-state index in [1.165, 1.54) is 64.2 Å². The summed E-state index contributed by atoms with van der Waals surface area (Å²) in [6, 6.07) is 0. The van der Waals surface area contributed by atoms with Gasteiger partial charge in [-0.05, 0) is 25.2 Å². The van der Waals surface area contributed by atoms with Crippen LogP contribution < -0.4 is 0 Å². The fraction of sp³-hybridized carbons (Fsp3) is 0.875. The monoisotopic (exact) mass is 224 g/mol. The predicted molar refractivity (Wildman–Crippen MR) is 75.8 cm³/mol. The van der Waals surface area contributed by atoms with Gasteiger partial charge < -0.3 is 0 Å². The van der Waals surface area contributed by atoms with Gasteiger partial charge in [-0.15, -0.1) is 0 Å². The zero-order valence-electron chi connectivity index (χ0n) is 11.8. The minimum absolute atomic E-state index is 1.000. The van der Waals surface area contributed by atoms with Crippen molar-refractivity contribution in [1.82, 2.24) is 0 Å². The van der Waals surface area contributed by atoms with Gasteiger partial charge in [0.15, 0.2) is 0 Å². The Bertz CT molecular complexity index is 146. The molecule has 96 valence electrons. The Morgan fingerprint density at radius 3 is 2.06 bits per heavy atom. The molecule has 0 aliphatic carbocycles. The molecule has 0 aliphatic heterocycles. The third-order valence-corrected chi connectivity index (χ3v) is 3.40. The van der Waals surface area contributed by atoms with Crippen molar-refractivity contribution in [3.05, 3.63) is 12.2 Å². The van der Waals surface area contributed by atoms with E-state index in [-0.39, 0.29) is 0 Å². The van der Waals surface area contributed by atoms with Crippen LogP contribution >= 0.6 is 0 Å². The highest BCUT2D eigenvalue weighted by molar-refractivity contribution is 4.80. The van der Waals surface area contributed by atoms with Crippen LogP contribution in [0.25, 0.3) is 0 Å². The fourth-order valence-corrected chi connectivity index (χ4v) is 2.14. The van der Waals surface area contributed by atoms with Gasteiger partial charge in [0.2, 0.25) is 0 Å². The Kier molecular flexibility index (Phi) is 12.6. The summed E-state index contributed by atoms with van der Waals surface area (Å²) in [4.78, 5) is 0. The van der Waals surface area contributed by atoms with Crippen molar-refractivity contribution in [1.29, 1.82) is 0 Å². The largest absolute Gasteiger partial charge is 0.0885 e. The van der Waals surface area contributed by atoms with Crippen molar-refractivity contribution in [2.75, 3.05) is 0 Å². The highest BCUT2D eigenvalue weighted by atomic mass is 14.1. The molecule has 1 unspecified atom stereocenters. The second-order valence-electron chi connectivity index (χ2n) is 4.96. The first-order valence-electron chi connectivity index (χ1n) is 7.50. The third-order valence-electron chi connectivity index (χ3n) is 3.40. The standard InChI is InChI=1S/C16H32/c1-4-7-9-10-11-12-13-15-16(6-3)14-8-5-2/h9-10,16H,4-8,11-15H2,1-3H3/b10-9+. The Balaban J connectivity index is 3.33. The molecule has 0 heterocycles. The minimum Gasteiger partial charge on any atom is -0.0885 e. The summed E-state index contributed by atoms with van der Waals surface area (Å²) in [6.45, 7) is 6.89. The molecule has 0 heteroatoms. The van der Waals surface area contributed by atoms with Gasteiger partial charge in [0.1, 0.15) is 0 Å². The lowest BCUT2D eigenvalue weighted by Gasteiger charge is -2.13. The molecule has 0 saturated heterocycles. The van der Waals surface area contributed by atoms with Gasteiger partial charge in [-0.2, -0.15) is 0 Å². The van der Waals surface area contributed by atoms with Gasteiger partial charge in [-0.3, -0.25) is 0 Å². The van der Waals surface area contributed by atoms with Crippen LogP contribution in [0.2, 0.25) is 0 Å². The minimum atomic E-state index is 1.000. The quantitative estimate of drug-likeness (QED) is 0.293. The molecule has 0 amide bonds. The van der Waals surface area contributed by atoms with Gasteiger partial charge in [-0.25, -0.2) is 0 Å². The normalized spacial score (nSPS) is 13.4. The molecular formula is C16H32. The number of rotatable bonds is 11. The molecule has 0 aromatic rings. The number of hydrogen-bond donors (Lipinski definition) is 0. The topological polar surface area (TPSA) is 0 Å². The second-order valence-corrected chi connectivity index (χ2v) is 4.96. The average Bonchev–Trinajstić information content (AvgIpc) is 2.32. The Morgan fingerprint density at radius 1 is 0.750 bits per heavy atom. The van der Waals surface area contributed by atoms with Gasteiger partial charge in [-0.1, -0.05) is 77.9 Å². The molecule has 0 bridgehead atoms. The van der Waals surface area contributed by atoms with Crippen molar-refractivity contribution in [3.8, 4) is 0 Å². The molecule has 0 aromatic heterocycles. The van der Waals surface area contributed by atoms with Crippen LogP contribution in [-0.4, -0.2) is 0 Å². The fourth-order valence-electron chi connectivity index (χ4n) is 2.14. The second kappa shape index (κ2) is 12.8. The molecule has 1 atom stereocenters. The molecule has 0 spiro atoms.